The number of amides is 2. The third-order valence-corrected chi connectivity index (χ3v) is 5.44. The van der Waals surface area contributed by atoms with Crippen LogP contribution in [0.5, 0.6) is 0 Å². The Labute approximate surface area is 145 Å². The van der Waals surface area contributed by atoms with Crippen LogP contribution >= 0.6 is 11.3 Å². The maximum Gasteiger partial charge on any atom is 0.263 e. The SMILES string of the molecule is COCC(=O)N1CC[C@H](c2c(C(=O)N(C)C)sc3ncccc23)C1. The van der Waals surface area contributed by atoms with Gasteiger partial charge in [-0.05, 0) is 18.1 Å². The predicted octanol–water partition coefficient (Wildman–Crippen LogP) is 1.96. The number of thiophene rings is 1. The van der Waals surface area contributed by atoms with Crippen LogP contribution in [0.15, 0.2) is 18.3 Å². The minimum Gasteiger partial charge on any atom is -0.375 e. The summed E-state index contributed by atoms with van der Waals surface area (Å²) in [5, 5.41) is 1.03. The molecule has 7 heteroatoms. The van der Waals surface area contributed by atoms with Crippen molar-refractivity contribution in [2.45, 2.75) is 12.3 Å². The lowest BCUT2D eigenvalue weighted by atomic mass is 9.95. The molecule has 0 unspecified atom stereocenters. The van der Waals surface area contributed by atoms with Gasteiger partial charge in [0.2, 0.25) is 5.91 Å². The number of aromatic nitrogens is 1. The van der Waals surface area contributed by atoms with Gasteiger partial charge in [-0.25, -0.2) is 4.98 Å². The normalized spacial score (nSPS) is 17.5. The van der Waals surface area contributed by atoms with Gasteiger partial charge in [0.25, 0.3) is 5.91 Å². The first kappa shape index (κ1) is 16.9. The van der Waals surface area contributed by atoms with Crippen molar-refractivity contribution in [2.24, 2.45) is 0 Å². The summed E-state index contributed by atoms with van der Waals surface area (Å²) in [5.74, 6) is 0.149. The number of ether oxygens (including phenoxy) is 1. The Kier molecular flexibility index (Phi) is 4.82. The first-order chi connectivity index (χ1) is 11.5. The standard InChI is InChI=1S/C17H21N3O3S/c1-19(2)17(22)15-14(12-5-4-7-18-16(12)24-15)11-6-8-20(9-11)13(21)10-23-3/h4-5,7,11H,6,8-10H2,1-3H3/t11-/m0/s1. The number of carbonyl (C=O) groups excluding carboxylic acids is 2. The summed E-state index contributed by atoms with van der Waals surface area (Å²) in [7, 11) is 5.04. The summed E-state index contributed by atoms with van der Waals surface area (Å²) in [5.41, 5.74) is 1.04. The van der Waals surface area contributed by atoms with E-state index >= 15 is 0 Å². The Bertz CT molecular complexity index is 772. The highest BCUT2D eigenvalue weighted by Gasteiger charge is 2.33. The Morgan fingerprint density at radius 3 is 2.96 bits per heavy atom. The van der Waals surface area contributed by atoms with Gasteiger partial charge in [-0.1, -0.05) is 6.07 Å². The van der Waals surface area contributed by atoms with Crippen molar-refractivity contribution in [3.8, 4) is 0 Å². The molecule has 3 rings (SSSR count). The summed E-state index contributed by atoms with van der Waals surface area (Å²) in [6.07, 6.45) is 2.60. The van der Waals surface area contributed by atoms with E-state index in [1.54, 1.807) is 25.2 Å². The Morgan fingerprint density at radius 1 is 1.46 bits per heavy atom. The van der Waals surface area contributed by atoms with E-state index in [1.165, 1.54) is 18.4 Å². The van der Waals surface area contributed by atoms with E-state index in [1.807, 2.05) is 17.0 Å². The Morgan fingerprint density at radius 2 is 2.25 bits per heavy atom. The molecule has 24 heavy (non-hydrogen) atoms. The summed E-state index contributed by atoms with van der Waals surface area (Å²) in [4.78, 5) is 34.1. The highest BCUT2D eigenvalue weighted by atomic mass is 32.1. The number of methoxy groups -OCH3 is 1. The first-order valence-electron chi connectivity index (χ1n) is 7.88. The first-order valence-corrected chi connectivity index (χ1v) is 8.70. The Hall–Kier alpha value is -1.99. The molecule has 0 radical (unpaired) electrons. The van der Waals surface area contributed by atoms with Crippen LogP contribution < -0.4 is 0 Å². The summed E-state index contributed by atoms with van der Waals surface area (Å²) < 4.78 is 4.95. The minimum atomic E-state index is -0.00494. The second-order valence-electron chi connectivity index (χ2n) is 6.16. The molecule has 0 spiro atoms. The number of fused-ring (bicyclic) bond motifs is 1. The van der Waals surface area contributed by atoms with E-state index in [4.69, 9.17) is 4.74 Å². The molecule has 0 aliphatic carbocycles. The van der Waals surface area contributed by atoms with Crippen LogP contribution in [0, 0.1) is 0 Å². The number of hydrogen-bond acceptors (Lipinski definition) is 5. The highest BCUT2D eigenvalue weighted by molar-refractivity contribution is 7.20. The van der Waals surface area contributed by atoms with Gasteiger partial charge in [0, 0.05) is 51.8 Å². The molecule has 1 aliphatic heterocycles. The van der Waals surface area contributed by atoms with Gasteiger partial charge in [-0.15, -0.1) is 11.3 Å². The van der Waals surface area contributed by atoms with E-state index in [0.717, 1.165) is 27.1 Å². The summed E-state index contributed by atoms with van der Waals surface area (Å²) >= 11 is 1.44. The topological polar surface area (TPSA) is 62.7 Å². The van der Waals surface area contributed by atoms with Crippen molar-refractivity contribution in [1.29, 1.82) is 0 Å². The fourth-order valence-corrected chi connectivity index (χ4v) is 4.41. The van der Waals surface area contributed by atoms with Crippen molar-refractivity contribution in [1.82, 2.24) is 14.8 Å². The number of nitrogens with zero attached hydrogens (tertiary/aromatic N) is 3. The van der Waals surface area contributed by atoms with Gasteiger partial charge in [0.1, 0.15) is 11.4 Å². The average Bonchev–Trinajstić information content (AvgIpc) is 3.18. The molecule has 0 saturated carbocycles. The van der Waals surface area contributed by atoms with Gasteiger partial charge in [-0.2, -0.15) is 0 Å². The molecule has 2 amide bonds. The van der Waals surface area contributed by atoms with E-state index in [-0.39, 0.29) is 24.3 Å². The fourth-order valence-electron chi connectivity index (χ4n) is 3.16. The van der Waals surface area contributed by atoms with Crippen LogP contribution in [-0.4, -0.2) is 67.5 Å². The molecule has 2 aromatic heterocycles. The highest BCUT2D eigenvalue weighted by Crippen LogP contribution is 2.39. The predicted molar refractivity (Wildman–Crippen MR) is 93.5 cm³/mol. The van der Waals surface area contributed by atoms with E-state index in [2.05, 4.69) is 4.98 Å². The molecule has 1 atom stereocenters. The third-order valence-electron chi connectivity index (χ3n) is 4.32. The lowest BCUT2D eigenvalue weighted by molar-refractivity contribution is -0.134. The van der Waals surface area contributed by atoms with E-state index < -0.39 is 0 Å². The zero-order valence-corrected chi connectivity index (χ0v) is 14.9. The van der Waals surface area contributed by atoms with Gasteiger partial charge in [0.05, 0.1) is 4.88 Å². The van der Waals surface area contributed by atoms with Crippen molar-refractivity contribution in [3.63, 3.8) is 0 Å². The molecule has 2 aromatic rings. The molecule has 0 aromatic carbocycles. The third kappa shape index (κ3) is 3.01. The quantitative estimate of drug-likeness (QED) is 0.848. The van der Waals surface area contributed by atoms with Gasteiger partial charge in [0.15, 0.2) is 0 Å². The van der Waals surface area contributed by atoms with Crippen molar-refractivity contribution in [2.75, 3.05) is 40.9 Å². The van der Waals surface area contributed by atoms with Crippen molar-refractivity contribution in [3.05, 3.63) is 28.8 Å². The van der Waals surface area contributed by atoms with Crippen LogP contribution in [0.4, 0.5) is 0 Å². The van der Waals surface area contributed by atoms with Crippen molar-refractivity contribution < 1.29 is 14.3 Å². The molecule has 3 heterocycles. The fraction of sp³-hybridized carbons (Fsp3) is 0.471. The zero-order chi connectivity index (χ0) is 17.3. The number of hydrogen-bond donors (Lipinski definition) is 0. The van der Waals surface area contributed by atoms with Gasteiger partial charge < -0.3 is 14.5 Å². The van der Waals surface area contributed by atoms with Crippen molar-refractivity contribution >= 4 is 33.4 Å². The number of pyridine rings is 1. The van der Waals surface area contributed by atoms with Crippen LogP contribution in [0.25, 0.3) is 10.2 Å². The second kappa shape index (κ2) is 6.86. The monoisotopic (exact) mass is 347 g/mol. The molecular weight excluding hydrogens is 326 g/mol. The largest absolute Gasteiger partial charge is 0.375 e. The lowest BCUT2D eigenvalue weighted by Gasteiger charge is -2.17. The van der Waals surface area contributed by atoms with Crippen LogP contribution in [0.3, 0.4) is 0 Å². The number of carbonyl (C=O) groups is 2. The minimum absolute atomic E-state index is 0.00172. The molecular formula is C17H21N3O3S. The summed E-state index contributed by atoms with van der Waals surface area (Å²) in [6, 6.07) is 3.91. The van der Waals surface area contributed by atoms with Gasteiger partial charge in [-0.3, -0.25) is 9.59 Å². The average molecular weight is 347 g/mol. The lowest BCUT2D eigenvalue weighted by Crippen LogP contribution is -2.31. The number of rotatable bonds is 4. The molecule has 0 N–H and O–H groups in total. The molecule has 128 valence electrons. The smallest absolute Gasteiger partial charge is 0.263 e. The van der Waals surface area contributed by atoms with Crippen LogP contribution in [0.2, 0.25) is 0 Å². The maximum absolute atomic E-state index is 12.6. The summed E-state index contributed by atoms with van der Waals surface area (Å²) in [6.45, 7) is 1.42. The van der Waals surface area contributed by atoms with E-state index in [9.17, 15) is 9.59 Å². The maximum atomic E-state index is 12.6. The molecule has 1 aliphatic rings. The molecule has 6 nitrogen and oxygen atoms in total. The number of likely N-dealkylation sites (tertiary alicyclic amines) is 1. The van der Waals surface area contributed by atoms with Gasteiger partial charge >= 0.3 is 0 Å². The second-order valence-corrected chi connectivity index (χ2v) is 7.16. The Balaban J connectivity index is 1.98. The zero-order valence-electron chi connectivity index (χ0n) is 14.1. The van der Waals surface area contributed by atoms with Crippen LogP contribution in [0.1, 0.15) is 27.6 Å². The molecule has 0 bridgehead atoms. The molecule has 1 fully saturated rings. The van der Waals surface area contributed by atoms with E-state index in [0.29, 0.717) is 13.1 Å². The van der Waals surface area contributed by atoms with Crippen LogP contribution in [-0.2, 0) is 9.53 Å². The molecule has 1 saturated heterocycles.